The smallest absolute Gasteiger partial charge is 0.282 e. The number of methoxy groups -OCH3 is 1. The second-order valence-corrected chi connectivity index (χ2v) is 7.81. The zero-order valence-electron chi connectivity index (χ0n) is 18.3. The summed E-state index contributed by atoms with van der Waals surface area (Å²) < 4.78 is 19.2. The first-order chi connectivity index (χ1) is 15.3. The Hall–Kier alpha value is -3.93. The lowest BCUT2D eigenvalue weighted by Gasteiger charge is -2.19. The first-order valence-corrected chi connectivity index (χ1v) is 10.2. The number of halogens is 1. The Balaban J connectivity index is 1.88. The van der Waals surface area contributed by atoms with Crippen molar-refractivity contribution in [2.75, 3.05) is 17.3 Å². The van der Waals surface area contributed by atoms with E-state index in [-0.39, 0.29) is 11.3 Å². The Labute approximate surface area is 186 Å². The summed E-state index contributed by atoms with van der Waals surface area (Å²) in [5, 5.41) is 2.98. The molecule has 6 heteroatoms. The Bertz CT molecular complexity index is 1280. The van der Waals surface area contributed by atoms with E-state index in [2.05, 4.69) is 5.32 Å². The number of benzene rings is 3. The highest BCUT2D eigenvalue weighted by Gasteiger charge is 2.41. The second kappa shape index (κ2) is 8.30. The Kier molecular flexibility index (Phi) is 5.53. The number of carbonyl (C=O) groups excluding carboxylic acids is 2. The first kappa shape index (κ1) is 21.3. The maximum atomic E-state index is 13.8. The van der Waals surface area contributed by atoms with Crippen LogP contribution in [0.25, 0.3) is 5.57 Å². The minimum Gasteiger partial charge on any atom is -0.495 e. The van der Waals surface area contributed by atoms with Crippen LogP contribution in [0.4, 0.5) is 15.8 Å². The van der Waals surface area contributed by atoms with Crippen molar-refractivity contribution in [1.82, 2.24) is 0 Å². The zero-order chi connectivity index (χ0) is 23.0. The third-order valence-corrected chi connectivity index (χ3v) is 5.55. The third kappa shape index (κ3) is 3.75. The van der Waals surface area contributed by atoms with E-state index in [1.807, 2.05) is 45.0 Å². The number of anilines is 2. The molecule has 0 atom stereocenters. The lowest BCUT2D eigenvalue weighted by atomic mass is 9.99. The molecule has 0 bridgehead atoms. The molecule has 0 saturated carbocycles. The van der Waals surface area contributed by atoms with Gasteiger partial charge in [0.2, 0.25) is 0 Å². The fourth-order valence-corrected chi connectivity index (χ4v) is 3.71. The van der Waals surface area contributed by atoms with Gasteiger partial charge >= 0.3 is 0 Å². The molecule has 0 aromatic heterocycles. The van der Waals surface area contributed by atoms with Crippen LogP contribution in [0.3, 0.4) is 0 Å². The number of carbonyl (C=O) groups is 2. The van der Waals surface area contributed by atoms with Gasteiger partial charge in [0.1, 0.15) is 17.3 Å². The molecule has 162 valence electrons. The monoisotopic (exact) mass is 430 g/mol. The van der Waals surface area contributed by atoms with Gasteiger partial charge in [0.25, 0.3) is 11.8 Å². The van der Waals surface area contributed by atoms with Crippen LogP contribution in [-0.2, 0) is 9.59 Å². The van der Waals surface area contributed by atoms with Crippen molar-refractivity contribution in [2.24, 2.45) is 0 Å². The van der Waals surface area contributed by atoms with E-state index in [1.165, 1.54) is 25.3 Å². The van der Waals surface area contributed by atoms with Gasteiger partial charge in [-0.25, -0.2) is 9.29 Å². The molecule has 0 radical (unpaired) electrons. The molecule has 3 aromatic carbocycles. The second-order valence-electron chi connectivity index (χ2n) is 7.81. The quantitative estimate of drug-likeness (QED) is 0.569. The molecule has 0 saturated heterocycles. The molecule has 1 aliphatic rings. The van der Waals surface area contributed by atoms with Crippen LogP contribution < -0.4 is 15.0 Å². The van der Waals surface area contributed by atoms with E-state index in [1.54, 1.807) is 18.2 Å². The van der Waals surface area contributed by atoms with E-state index >= 15 is 0 Å². The summed E-state index contributed by atoms with van der Waals surface area (Å²) in [6.45, 7) is 5.80. The van der Waals surface area contributed by atoms with Crippen molar-refractivity contribution in [3.63, 3.8) is 0 Å². The van der Waals surface area contributed by atoms with Crippen LogP contribution in [-0.4, -0.2) is 18.9 Å². The van der Waals surface area contributed by atoms with E-state index in [0.717, 1.165) is 21.6 Å². The van der Waals surface area contributed by atoms with E-state index < -0.39 is 17.6 Å². The number of aryl methyl sites for hydroxylation is 3. The van der Waals surface area contributed by atoms with Crippen LogP contribution in [0.15, 0.2) is 66.4 Å². The maximum Gasteiger partial charge on any atom is 0.282 e. The number of nitrogens with zero attached hydrogens (tertiary/aromatic N) is 1. The summed E-state index contributed by atoms with van der Waals surface area (Å²) in [6.07, 6.45) is 0. The summed E-state index contributed by atoms with van der Waals surface area (Å²) in [7, 11) is 1.49. The van der Waals surface area contributed by atoms with E-state index in [0.29, 0.717) is 22.7 Å². The van der Waals surface area contributed by atoms with Gasteiger partial charge in [-0.2, -0.15) is 0 Å². The van der Waals surface area contributed by atoms with Crippen molar-refractivity contribution in [2.45, 2.75) is 20.8 Å². The number of hydrogen-bond donors (Lipinski definition) is 1. The van der Waals surface area contributed by atoms with Gasteiger partial charge in [-0.05, 0) is 73.4 Å². The fourth-order valence-electron chi connectivity index (χ4n) is 3.71. The topological polar surface area (TPSA) is 58.6 Å². The van der Waals surface area contributed by atoms with Crippen LogP contribution in [0, 0.1) is 26.6 Å². The number of hydrogen-bond acceptors (Lipinski definition) is 4. The van der Waals surface area contributed by atoms with Crippen LogP contribution >= 0.6 is 0 Å². The molecule has 5 nitrogen and oxygen atoms in total. The molecule has 0 spiro atoms. The highest BCUT2D eigenvalue weighted by atomic mass is 19.1. The van der Waals surface area contributed by atoms with Gasteiger partial charge in [0.05, 0.1) is 18.4 Å². The van der Waals surface area contributed by atoms with Crippen LogP contribution in [0.5, 0.6) is 5.75 Å². The van der Waals surface area contributed by atoms with Crippen molar-refractivity contribution in [3.05, 3.63) is 94.4 Å². The largest absolute Gasteiger partial charge is 0.495 e. The van der Waals surface area contributed by atoms with Crippen molar-refractivity contribution < 1.29 is 18.7 Å². The van der Waals surface area contributed by atoms with Crippen molar-refractivity contribution in [1.29, 1.82) is 0 Å². The van der Waals surface area contributed by atoms with Crippen LogP contribution in [0.2, 0.25) is 0 Å². The SMILES string of the molecule is COc1ccc(C)cc1N1C(=O)C(Nc2cccc(F)c2)=C(c2ccc(C)c(C)c2)C1=O. The van der Waals surface area contributed by atoms with Gasteiger partial charge in [-0.15, -0.1) is 0 Å². The molecule has 0 unspecified atom stereocenters. The fraction of sp³-hybridized carbons (Fsp3) is 0.154. The predicted octanol–water partition coefficient (Wildman–Crippen LogP) is 5.16. The minimum absolute atomic E-state index is 0.0902. The average molecular weight is 430 g/mol. The molecule has 1 aliphatic heterocycles. The third-order valence-electron chi connectivity index (χ3n) is 5.55. The summed E-state index contributed by atoms with van der Waals surface area (Å²) in [4.78, 5) is 28.3. The van der Waals surface area contributed by atoms with E-state index in [4.69, 9.17) is 4.74 Å². The molecule has 0 fully saturated rings. The molecular weight excluding hydrogens is 407 g/mol. The van der Waals surface area contributed by atoms with E-state index in [9.17, 15) is 14.0 Å². The number of ether oxygens (including phenoxy) is 1. The van der Waals surface area contributed by atoms with Gasteiger partial charge < -0.3 is 10.1 Å². The zero-order valence-corrected chi connectivity index (χ0v) is 18.3. The Morgan fingerprint density at radius 2 is 1.66 bits per heavy atom. The van der Waals surface area contributed by atoms with Gasteiger partial charge in [-0.1, -0.05) is 30.3 Å². The molecule has 3 aromatic rings. The molecule has 4 rings (SSSR count). The van der Waals surface area contributed by atoms with Crippen molar-refractivity contribution >= 4 is 28.8 Å². The number of nitrogens with one attached hydrogen (secondary N) is 1. The summed E-state index contributed by atoms with van der Waals surface area (Å²) in [5.74, 6) is -1.04. The summed E-state index contributed by atoms with van der Waals surface area (Å²) >= 11 is 0. The Morgan fingerprint density at radius 3 is 2.34 bits per heavy atom. The normalized spacial score (nSPS) is 13.7. The van der Waals surface area contributed by atoms with Crippen molar-refractivity contribution in [3.8, 4) is 5.75 Å². The standard InChI is InChI=1S/C26H23FN2O3/c1-15-8-11-22(32-4)21(12-15)29-25(30)23(18-10-9-16(2)17(3)13-18)24(26(29)31)28-20-7-5-6-19(27)14-20/h5-14,28H,1-4H3. The number of amides is 2. The summed E-state index contributed by atoms with van der Waals surface area (Å²) in [5.41, 5.74) is 4.61. The number of rotatable bonds is 5. The molecule has 1 N–H and O–H groups in total. The summed E-state index contributed by atoms with van der Waals surface area (Å²) in [6, 6.07) is 16.7. The highest BCUT2D eigenvalue weighted by Crippen LogP contribution is 2.38. The lowest BCUT2D eigenvalue weighted by Crippen LogP contribution is -2.32. The molecule has 1 heterocycles. The average Bonchev–Trinajstić information content (AvgIpc) is 2.99. The van der Waals surface area contributed by atoms with Gasteiger partial charge in [0.15, 0.2) is 0 Å². The molecule has 0 aliphatic carbocycles. The molecule has 32 heavy (non-hydrogen) atoms. The van der Waals surface area contributed by atoms with Gasteiger partial charge in [0, 0.05) is 5.69 Å². The Morgan fingerprint density at radius 1 is 0.875 bits per heavy atom. The van der Waals surface area contributed by atoms with Crippen LogP contribution in [0.1, 0.15) is 22.3 Å². The predicted molar refractivity (Wildman–Crippen MR) is 123 cm³/mol. The lowest BCUT2D eigenvalue weighted by molar-refractivity contribution is -0.120. The minimum atomic E-state index is -0.531. The highest BCUT2D eigenvalue weighted by molar-refractivity contribution is 6.46. The molecular formula is C26H23FN2O3. The van der Waals surface area contributed by atoms with Gasteiger partial charge in [-0.3, -0.25) is 9.59 Å². The number of imide groups is 1. The molecule has 2 amide bonds. The first-order valence-electron chi connectivity index (χ1n) is 10.2. The maximum absolute atomic E-state index is 13.8.